The number of esters is 1. The third-order valence-corrected chi connectivity index (χ3v) is 7.74. The Morgan fingerprint density at radius 3 is 2.83 bits per heavy atom. The number of ether oxygens (including phenoxy) is 1. The summed E-state index contributed by atoms with van der Waals surface area (Å²) < 4.78 is 29.3. The molecule has 2 aliphatic heterocycles. The fraction of sp³-hybridized carbons (Fsp3) is 0.400. The number of rotatable bonds is 4. The summed E-state index contributed by atoms with van der Waals surface area (Å²) in [6.07, 6.45) is 4.43. The van der Waals surface area contributed by atoms with Crippen molar-refractivity contribution in [3.8, 4) is 0 Å². The predicted molar refractivity (Wildman–Crippen MR) is 88.7 cm³/mol. The largest absolute Gasteiger partial charge is 0.460 e. The molecule has 2 saturated heterocycles. The second-order valence-corrected chi connectivity index (χ2v) is 9.52. The fourth-order valence-corrected chi connectivity index (χ4v) is 5.68. The molecule has 128 valence electrons. The molecule has 0 unspecified atom stereocenters. The zero-order chi connectivity index (χ0) is 17.7. The van der Waals surface area contributed by atoms with Crippen LogP contribution in [0.15, 0.2) is 29.8 Å². The van der Waals surface area contributed by atoms with Gasteiger partial charge in [0.2, 0.25) is 0 Å². The first-order valence-electron chi connectivity index (χ1n) is 7.18. The van der Waals surface area contributed by atoms with Crippen LogP contribution < -0.4 is 0 Å². The van der Waals surface area contributed by atoms with E-state index in [2.05, 4.69) is 11.6 Å². The van der Waals surface area contributed by atoms with Crippen LogP contribution in [0.25, 0.3) is 6.08 Å². The molecule has 0 aromatic carbocycles. The number of hydrogen-bond acceptors (Lipinski definition) is 7. The monoisotopic (exact) mass is 368 g/mol. The Hall–Kier alpha value is -2.00. The van der Waals surface area contributed by atoms with Crippen LogP contribution in [0.1, 0.15) is 18.9 Å². The fourth-order valence-electron chi connectivity index (χ4n) is 2.98. The third-order valence-electron chi connectivity index (χ3n) is 4.26. The molecule has 24 heavy (non-hydrogen) atoms. The molecule has 0 radical (unpaired) electrons. The van der Waals surface area contributed by atoms with Gasteiger partial charge in [-0.3, -0.25) is 4.79 Å². The minimum Gasteiger partial charge on any atom is -0.460 e. The second kappa shape index (κ2) is 5.52. The van der Waals surface area contributed by atoms with E-state index in [9.17, 15) is 18.0 Å². The topological polar surface area (TPSA) is 93.6 Å². The van der Waals surface area contributed by atoms with E-state index in [4.69, 9.17) is 4.74 Å². The Labute approximate surface area is 143 Å². The molecule has 2 atom stereocenters. The average Bonchev–Trinajstić information content (AvgIpc) is 3.07. The first-order chi connectivity index (χ1) is 11.2. The molecular formula is C15H16N2O5S2. The van der Waals surface area contributed by atoms with E-state index in [1.165, 1.54) is 37.3 Å². The molecule has 2 fully saturated rings. The minimum atomic E-state index is -3.78. The van der Waals surface area contributed by atoms with E-state index in [1.54, 1.807) is 11.6 Å². The zero-order valence-electron chi connectivity index (χ0n) is 13.1. The van der Waals surface area contributed by atoms with Gasteiger partial charge >= 0.3 is 5.97 Å². The summed E-state index contributed by atoms with van der Waals surface area (Å²) in [5.41, 5.74) is 0.136. The SMILES string of the molecule is C=CCOC(=O)[C@@H]1N2C(=O)C(=Cc3nccs3)[C@H]2S(=O)(=O)C1(C)C. The van der Waals surface area contributed by atoms with Gasteiger partial charge in [0, 0.05) is 11.6 Å². The smallest absolute Gasteiger partial charge is 0.330 e. The standard InChI is InChI=1S/C15H16N2O5S2/c1-4-6-22-14(19)11-15(2,3)24(20,21)13-9(12(18)17(11)13)8-10-16-5-7-23-10/h4-5,7-8,11,13H,1,6H2,2-3H3/t11-,13+/m0/s1. The highest BCUT2D eigenvalue weighted by molar-refractivity contribution is 7.94. The summed E-state index contributed by atoms with van der Waals surface area (Å²) in [7, 11) is -3.78. The van der Waals surface area contributed by atoms with E-state index in [1.807, 2.05) is 0 Å². The van der Waals surface area contributed by atoms with Crippen LogP contribution in [0, 0.1) is 0 Å². The van der Waals surface area contributed by atoms with Gasteiger partial charge in [-0.15, -0.1) is 11.3 Å². The van der Waals surface area contributed by atoms with Gasteiger partial charge in [-0.25, -0.2) is 18.2 Å². The quantitative estimate of drug-likeness (QED) is 0.341. The Balaban J connectivity index is 2.02. The lowest BCUT2D eigenvalue weighted by Crippen LogP contribution is -2.59. The molecule has 0 spiro atoms. The van der Waals surface area contributed by atoms with E-state index in [0.717, 1.165) is 4.90 Å². The van der Waals surface area contributed by atoms with Gasteiger partial charge in [0.05, 0.1) is 5.57 Å². The lowest BCUT2D eigenvalue weighted by molar-refractivity contribution is -0.156. The van der Waals surface area contributed by atoms with Crippen LogP contribution in [0.5, 0.6) is 0 Å². The van der Waals surface area contributed by atoms with Gasteiger partial charge in [-0.2, -0.15) is 0 Å². The highest BCUT2D eigenvalue weighted by Crippen LogP contribution is 2.49. The molecule has 1 aromatic rings. The number of nitrogens with zero attached hydrogens (tertiary/aromatic N) is 2. The maximum atomic E-state index is 12.9. The molecule has 0 aliphatic carbocycles. The number of carbonyl (C=O) groups is 2. The van der Waals surface area contributed by atoms with Crippen molar-refractivity contribution in [1.82, 2.24) is 9.88 Å². The number of carbonyl (C=O) groups excluding carboxylic acids is 2. The van der Waals surface area contributed by atoms with Crippen LogP contribution in [-0.2, 0) is 24.2 Å². The number of β-lactam (4-membered cyclic amide) rings is 1. The molecule has 7 nitrogen and oxygen atoms in total. The van der Waals surface area contributed by atoms with Gasteiger partial charge in [-0.1, -0.05) is 12.7 Å². The maximum Gasteiger partial charge on any atom is 0.330 e. The van der Waals surface area contributed by atoms with E-state index >= 15 is 0 Å². The summed E-state index contributed by atoms with van der Waals surface area (Å²) in [5.74, 6) is -1.22. The molecule has 2 aliphatic rings. The van der Waals surface area contributed by atoms with Crippen LogP contribution in [0.2, 0.25) is 0 Å². The Kier molecular flexibility index (Phi) is 3.88. The predicted octanol–water partition coefficient (Wildman–Crippen LogP) is 1.000. The zero-order valence-corrected chi connectivity index (χ0v) is 14.8. The number of hydrogen-bond donors (Lipinski definition) is 0. The number of amides is 1. The first kappa shape index (κ1) is 16.8. The van der Waals surface area contributed by atoms with Gasteiger partial charge in [0.1, 0.15) is 16.4 Å². The van der Waals surface area contributed by atoms with Crippen molar-refractivity contribution in [3.05, 3.63) is 34.8 Å². The number of sulfone groups is 1. The van der Waals surface area contributed by atoms with Gasteiger partial charge < -0.3 is 9.64 Å². The normalized spacial score (nSPS) is 28.3. The molecule has 0 N–H and O–H groups in total. The van der Waals surface area contributed by atoms with E-state index < -0.39 is 37.9 Å². The lowest BCUT2D eigenvalue weighted by Gasteiger charge is -2.38. The molecular weight excluding hydrogens is 352 g/mol. The molecule has 3 heterocycles. The number of fused-ring (bicyclic) bond motifs is 1. The van der Waals surface area contributed by atoms with Gasteiger partial charge in [0.25, 0.3) is 5.91 Å². The molecule has 3 rings (SSSR count). The van der Waals surface area contributed by atoms with Crippen molar-refractivity contribution in [1.29, 1.82) is 0 Å². The first-order valence-corrected chi connectivity index (χ1v) is 9.61. The van der Waals surface area contributed by atoms with Gasteiger partial charge in [0.15, 0.2) is 21.3 Å². The molecule has 1 amide bonds. The minimum absolute atomic E-state index is 0.0417. The Morgan fingerprint density at radius 2 is 2.25 bits per heavy atom. The summed E-state index contributed by atoms with van der Waals surface area (Å²) >= 11 is 1.30. The van der Waals surface area contributed by atoms with Crippen LogP contribution in [-0.4, -0.2) is 52.9 Å². The second-order valence-electron chi connectivity index (χ2n) is 6.00. The number of thiazole rings is 1. The highest BCUT2D eigenvalue weighted by Gasteiger charge is 2.70. The molecule has 0 bridgehead atoms. The average molecular weight is 368 g/mol. The summed E-state index contributed by atoms with van der Waals surface area (Å²) in [4.78, 5) is 29.9. The van der Waals surface area contributed by atoms with Gasteiger partial charge in [-0.05, 0) is 19.9 Å². The number of aromatic nitrogens is 1. The van der Waals surface area contributed by atoms with Crippen molar-refractivity contribution in [2.75, 3.05) is 6.61 Å². The van der Waals surface area contributed by atoms with Crippen molar-refractivity contribution in [2.24, 2.45) is 0 Å². The molecule has 1 aromatic heterocycles. The lowest BCUT2D eigenvalue weighted by atomic mass is 9.95. The molecule has 0 saturated carbocycles. The van der Waals surface area contributed by atoms with Crippen molar-refractivity contribution >= 4 is 39.1 Å². The van der Waals surface area contributed by atoms with Crippen molar-refractivity contribution in [2.45, 2.75) is 30.0 Å². The van der Waals surface area contributed by atoms with Crippen LogP contribution >= 0.6 is 11.3 Å². The summed E-state index contributed by atoms with van der Waals surface area (Å²) in [6.45, 7) is 6.29. The van der Waals surface area contributed by atoms with Crippen molar-refractivity contribution < 1.29 is 22.7 Å². The summed E-state index contributed by atoms with van der Waals surface area (Å²) in [6, 6.07) is -1.17. The highest BCUT2D eigenvalue weighted by atomic mass is 32.2. The summed E-state index contributed by atoms with van der Waals surface area (Å²) in [5, 5.41) is 1.14. The molecule has 9 heteroatoms. The third kappa shape index (κ3) is 2.15. The maximum absolute atomic E-state index is 12.9. The Bertz CT molecular complexity index is 839. The van der Waals surface area contributed by atoms with E-state index in [-0.39, 0.29) is 12.2 Å². The van der Waals surface area contributed by atoms with Crippen LogP contribution in [0.4, 0.5) is 0 Å². The van der Waals surface area contributed by atoms with Crippen LogP contribution in [0.3, 0.4) is 0 Å². The van der Waals surface area contributed by atoms with E-state index in [0.29, 0.717) is 5.01 Å². The van der Waals surface area contributed by atoms with Crippen molar-refractivity contribution in [3.63, 3.8) is 0 Å². The Morgan fingerprint density at radius 1 is 1.54 bits per heavy atom.